The minimum absolute atomic E-state index is 0.00308. The monoisotopic (exact) mass is 574 g/mol. The van der Waals surface area contributed by atoms with Gasteiger partial charge in [0.2, 0.25) is 0 Å². The van der Waals surface area contributed by atoms with Crippen LogP contribution in [0.3, 0.4) is 0 Å². The van der Waals surface area contributed by atoms with Gasteiger partial charge in [-0.1, -0.05) is 70.2 Å². The van der Waals surface area contributed by atoms with Crippen molar-refractivity contribution in [2.45, 2.75) is 95.9 Å². The van der Waals surface area contributed by atoms with Crippen LogP contribution in [0.2, 0.25) is 18.1 Å². The molecule has 41 heavy (non-hydrogen) atoms. The summed E-state index contributed by atoms with van der Waals surface area (Å²) in [7, 11) is -0.371. The number of H-pyrrole nitrogens is 1. The minimum Gasteiger partial charge on any atom is -0.469 e. The zero-order valence-corrected chi connectivity index (χ0v) is 26.7. The van der Waals surface area contributed by atoms with Gasteiger partial charge in [-0.05, 0) is 60.2 Å². The number of benzene rings is 2. The number of ether oxygens (including phenoxy) is 2. The van der Waals surface area contributed by atoms with Gasteiger partial charge in [0.25, 0.3) is 0 Å². The van der Waals surface area contributed by atoms with Gasteiger partial charge in [-0.15, -0.1) is 0 Å². The Bertz CT molecular complexity index is 1430. The number of nitrogens with one attached hydrogen (secondary N) is 1. The number of methoxy groups -OCH3 is 1. The molecule has 220 valence electrons. The quantitative estimate of drug-likeness (QED) is 0.237. The lowest BCUT2D eigenvalue weighted by molar-refractivity contribution is -0.163. The molecule has 7 heteroatoms. The van der Waals surface area contributed by atoms with E-state index in [1.807, 2.05) is 0 Å². The largest absolute Gasteiger partial charge is 0.469 e. The van der Waals surface area contributed by atoms with E-state index in [2.05, 4.69) is 99.2 Å². The summed E-state index contributed by atoms with van der Waals surface area (Å²) in [4.78, 5) is 19.7. The third kappa shape index (κ3) is 4.79. The third-order valence-electron chi connectivity index (χ3n) is 10.6. The lowest BCUT2D eigenvalue weighted by Crippen LogP contribution is -2.50. The van der Waals surface area contributed by atoms with Gasteiger partial charge >= 0.3 is 5.97 Å². The zero-order valence-electron chi connectivity index (χ0n) is 25.7. The van der Waals surface area contributed by atoms with Crippen molar-refractivity contribution in [3.05, 3.63) is 70.9 Å². The molecule has 0 saturated carbocycles. The Balaban J connectivity index is 1.43. The second kappa shape index (κ2) is 10.7. The molecule has 1 N–H and O–H groups in total. The number of aromatic nitrogens is 1. The first-order chi connectivity index (χ1) is 19.6. The summed E-state index contributed by atoms with van der Waals surface area (Å²) in [6.45, 7) is 14.4. The van der Waals surface area contributed by atoms with E-state index in [1.165, 1.54) is 34.9 Å². The number of nitrogens with zero attached hydrogens (tertiary/aromatic N) is 1. The number of hydrogen-bond acceptors (Lipinski definition) is 5. The molecule has 0 unspecified atom stereocenters. The van der Waals surface area contributed by atoms with E-state index in [-0.39, 0.29) is 47.3 Å². The molecule has 6 nitrogen and oxygen atoms in total. The Morgan fingerprint density at radius 1 is 1.12 bits per heavy atom. The first kappa shape index (κ1) is 28.7. The molecule has 2 saturated heterocycles. The number of carbonyl (C=O) groups excluding carboxylic acids is 1. The summed E-state index contributed by atoms with van der Waals surface area (Å²) in [5, 5.41) is 1.40. The van der Waals surface area contributed by atoms with Crippen LogP contribution < -0.4 is 0 Å². The number of rotatable bonds is 7. The van der Waals surface area contributed by atoms with Crippen LogP contribution in [0.1, 0.15) is 75.0 Å². The maximum atomic E-state index is 13.3. The van der Waals surface area contributed by atoms with E-state index >= 15 is 0 Å². The smallest absolute Gasteiger partial charge is 0.309 e. The summed E-state index contributed by atoms with van der Waals surface area (Å²) >= 11 is 0. The third-order valence-corrected chi connectivity index (χ3v) is 15.1. The molecule has 1 aliphatic carbocycles. The SMILES string of the molecule is CC[C@@H]1[C@@H](C(=O)OC)C[C@@H](c2[nH]c3ccccc3c2CCO[Si](C)(C)C(C)(C)C)N2[C@@H]1O[C@@H]1Cc3ccccc3[C@@H]12. The van der Waals surface area contributed by atoms with E-state index < -0.39 is 8.32 Å². The predicted molar refractivity (Wildman–Crippen MR) is 165 cm³/mol. The van der Waals surface area contributed by atoms with Gasteiger partial charge in [0.05, 0.1) is 31.2 Å². The number of hydrogen-bond donors (Lipinski definition) is 1. The highest BCUT2D eigenvalue weighted by Gasteiger charge is 2.58. The highest BCUT2D eigenvalue weighted by molar-refractivity contribution is 6.74. The van der Waals surface area contributed by atoms with E-state index in [0.717, 1.165) is 24.8 Å². The fourth-order valence-electron chi connectivity index (χ4n) is 7.42. The first-order valence-corrected chi connectivity index (χ1v) is 18.3. The summed E-state index contributed by atoms with van der Waals surface area (Å²) in [5.41, 5.74) is 6.39. The molecule has 6 rings (SSSR count). The topological polar surface area (TPSA) is 63.8 Å². The molecule has 0 spiro atoms. The summed E-state index contributed by atoms with van der Waals surface area (Å²) in [6.07, 6.45) is 3.29. The standard InChI is InChI=1S/C34H46N2O4Si/c1-8-22-26(33(37)38-5)20-28(36-31-23-14-10-9-13-21(23)19-29(31)40-32(22)36)30-25(24-15-11-12-16-27(24)35-30)17-18-39-41(6,7)34(2,3)4/h9-16,22,26,28-29,31-32,35H,8,17-20H2,1-7H3/t22-,26+,28+,29-,31+,32-/m1/s1. The molecule has 2 aliphatic heterocycles. The maximum Gasteiger partial charge on any atom is 0.309 e. The molecular weight excluding hydrogens is 528 g/mol. The van der Waals surface area contributed by atoms with Gasteiger partial charge in [-0.2, -0.15) is 0 Å². The van der Waals surface area contributed by atoms with Crippen LogP contribution in [-0.2, 0) is 31.5 Å². The number of esters is 1. The lowest BCUT2D eigenvalue weighted by Gasteiger charge is -2.46. The van der Waals surface area contributed by atoms with E-state index in [0.29, 0.717) is 13.0 Å². The van der Waals surface area contributed by atoms with Crippen molar-refractivity contribution in [1.82, 2.24) is 9.88 Å². The number of para-hydroxylation sites is 1. The van der Waals surface area contributed by atoms with Crippen molar-refractivity contribution in [2.75, 3.05) is 13.7 Å². The fraction of sp³-hybridized carbons (Fsp3) is 0.559. The van der Waals surface area contributed by atoms with Crippen molar-refractivity contribution in [3.63, 3.8) is 0 Å². The molecule has 3 aliphatic rings. The Hall–Kier alpha value is -2.45. The molecule has 2 aromatic carbocycles. The van der Waals surface area contributed by atoms with Crippen LogP contribution in [0.4, 0.5) is 0 Å². The molecule has 2 fully saturated rings. The molecule has 1 aromatic heterocycles. The molecule has 0 amide bonds. The lowest BCUT2D eigenvalue weighted by atomic mass is 9.77. The van der Waals surface area contributed by atoms with Gasteiger partial charge in [-0.25, -0.2) is 0 Å². The van der Waals surface area contributed by atoms with Crippen molar-refractivity contribution < 1.29 is 18.7 Å². The Kier molecular flexibility index (Phi) is 7.46. The number of aromatic amines is 1. The highest BCUT2D eigenvalue weighted by Crippen LogP contribution is 2.56. The van der Waals surface area contributed by atoms with E-state index in [1.54, 1.807) is 0 Å². The average Bonchev–Trinajstić information content (AvgIpc) is 3.61. The van der Waals surface area contributed by atoms with Gasteiger partial charge in [0.1, 0.15) is 6.23 Å². The van der Waals surface area contributed by atoms with Gasteiger partial charge in [0, 0.05) is 35.5 Å². The number of fused-ring (bicyclic) bond motifs is 6. The highest BCUT2D eigenvalue weighted by atomic mass is 28.4. The molecular formula is C34H46N2O4Si. The predicted octanol–water partition coefficient (Wildman–Crippen LogP) is 7.32. The van der Waals surface area contributed by atoms with Gasteiger partial charge < -0.3 is 18.9 Å². The summed E-state index contributed by atoms with van der Waals surface area (Å²) < 4.78 is 19.0. The van der Waals surface area contributed by atoms with Crippen LogP contribution in [0.5, 0.6) is 0 Å². The Morgan fingerprint density at radius 2 is 1.85 bits per heavy atom. The molecule has 0 bridgehead atoms. The van der Waals surface area contributed by atoms with Crippen molar-refractivity contribution in [3.8, 4) is 0 Å². The first-order valence-electron chi connectivity index (χ1n) is 15.4. The maximum absolute atomic E-state index is 13.3. The van der Waals surface area contributed by atoms with Crippen LogP contribution in [0.25, 0.3) is 10.9 Å². The average molecular weight is 575 g/mol. The van der Waals surface area contributed by atoms with Gasteiger partial charge in [-0.3, -0.25) is 9.69 Å². The van der Waals surface area contributed by atoms with Crippen molar-refractivity contribution >= 4 is 25.2 Å². The number of piperidine rings is 1. The minimum atomic E-state index is -1.89. The van der Waals surface area contributed by atoms with Crippen LogP contribution in [0, 0.1) is 11.8 Å². The fourth-order valence-corrected chi connectivity index (χ4v) is 8.47. The van der Waals surface area contributed by atoms with Crippen LogP contribution in [-0.4, -0.2) is 50.2 Å². The van der Waals surface area contributed by atoms with Crippen molar-refractivity contribution in [2.24, 2.45) is 11.8 Å². The Labute approximate surface area is 245 Å². The van der Waals surface area contributed by atoms with E-state index in [9.17, 15) is 4.79 Å². The van der Waals surface area contributed by atoms with Gasteiger partial charge in [0.15, 0.2) is 8.32 Å². The summed E-state index contributed by atoms with van der Waals surface area (Å²) in [5.74, 6) is -0.249. The summed E-state index contributed by atoms with van der Waals surface area (Å²) in [6, 6.07) is 17.6. The Morgan fingerprint density at radius 3 is 2.59 bits per heavy atom. The second-order valence-electron chi connectivity index (χ2n) is 13.7. The molecule has 0 radical (unpaired) electrons. The van der Waals surface area contributed by atoms with E-state index in [4.69, 9.17) is 13.9 Å². The number of carbonyl (C=O) groups is 1. The van der Waals surface area contributed by atoms with Crippen molar-refractivity contribution in [1.29, 1.82) is 0 Å². The van der Waals surface area contributed by atoms with Crippen LogP contribution >= 0.6 is 0 Å². The zero-order chi connectivity index (χ0) is 29.1. The second-order valence-corrected chi connectivity index (χ2v) is 18.5. The molecule has 3 aromatic rings. The molecule has 6 atom stereocenters. The normalized spacial score (nSPS) is 28.0. The molecule has 3 heterocycles. The van der Waals surface area contributed by atoms with Crippen LogP contribution in [0.15, 0.2) is 48.5 Å².